The summed E-state index contributed by atoms with van der Waals surface area (Å²) in [5, 5.41) is 0. The largest absolute Gasteiger partial charge is 0.491 e. The fourth-order valence-electron chi connectivity index (χ4n) is 3.90. The number of rotatable bonds is 33. The molecule has 0 bridgehead atoms. The van der Waals surface area contributed by atoms with Gasteiger partial charge in [0.25, 0.3) is 0 Å². The van der Waals surface area contributed by atoms with E-state index in [1.807, 2.05) is 24.3 Å². The lowest BCUT2D eigenvalue weighted by Crippen LogP contribution is -2.15. The normalized spacial score (nSPS) is 11.3. The number of ether oxygens (including phenoxy) is 8. The predicted molar refractivity (Wildman–Crippen MR) is 164 cm³/mol. The van der Waals surface area contributed by atoms with Crippen molar-refractivity contribution in [3.63, 3.8) is 0 Å². The Labute approximate surface area is 249 Å². The Morgan fingerprint density at radius 1 is 0.390 bits per heavy atom. The molecular formula is C32H59NO8. The molecule has 1 aromatic rings. The summed E-state index contributed by atoms with van der Waals surface area (Å²) in [5.74, 6) is 0.781. The zero-order valence-electron chi connectivity index (χ0n) is 25.8. The molecule has 9 nitrogen and oxygen atoms in total. The van der Waals surface area contributed by atoms with Gasteiger partial charge in [-0.25, -0.2) is 0 Å². The van der Waals surface area contributed by atoms with Crippen LogP contribution in [0.25, 0.3) is 0 Å². The van der Waals surface area contributed by atoms with Gasteiger partial charge in [0.2, 0.25) is 0 Å². The van der Waals surface area contributed by atoms with Gasteiger partial charge in [0.1, 0.15) is 12.4 Å². The molecule has 0 fully saturated rings. The lowest BCUT2D eigenvalue weighted by atomic mass is 10.1. The van der Waals surface area contributed by atoms with Gasteiger partial charge < -0.3 is 43.6 Å². The van der Waals surface area contributed by atoms with E-state index in [-0.39, 0.29) is 0 Å². The maximum absolute atomic E-state index is 5.64. The molecule has 0 aliphatic carbocycles. The van der Waals surface area contributed by atoms with Crippen LogP contribution in [0, 0.1) is 0 Å². The van der Waals surface area contributed by atoms with Crippen LogP contribution >= 0.6 is 0 Å². The number of nitrogens with two attached hydrogens (primary N) is 1. The summed E-state index contributed by atoms with van der Waals surface area (Å²) >= 11 is 0. The monoisotopic (exact) mass is 585 g/mol. The van der Waals surface area contributed by atoms with Crippen LogP contribution in [0.15, 0.2) is 24.3 Å². The van der Waals surface area contributed by atoms with Crippen LogP contribution in [0.5, 0.6) is 5.75 Å². The summed E-state index contributed by atoms with van der Waals surface area (Å²) in [6.45, 7) is 10.8. The molecule has 0 unspecified atom stereocenters. The first-order chi connectivity index (χ1) is 20.3. The topological polar surface area (TPSA) is 99.9 Å². The van der Waals surface area contributed by atoms with Crippen LogP contribution in [0.2, 0.25) is 0 Å². The Hall–Kier alpha value is -1.46. The van der Waals surface area contributed by atoms with Crippen LogP contribution in [0.4, 0.5) is 5.69 Å². The second kappa shape index (κ2) is 31.5. The Morgan fingerprint density at radius 3 is 1.10 bits per heavy atom. The highest BCUT2D eigenvalue weighted by atomic mass is 16.6. The molecule has 0 aliphatic rings. The average molecular weight is 586 g/mol. The number of anilines is 1. The van der Waals surface area contributed by atoms with E-state index in [4.69, 9.17) is 43.6 Å². The molecule has 0 aliphatic heterocycles. The molecule has 0 aromatic heterocycles. The number of unbranched alkanes of at least 4 members (excludes halogenated alkanes) is 9. The zero-order valence-corrected chi connectivity index (χ0v) is 25.8. The number of nitrogen functional groups attached to an aromatic ring is 1. The van der Waals surface area contributed by atoms with Crippen molar-refractivity contribution in [3.8, 4) is 5.75 Å². The van der Waals surface area contributed by atoms with Gasteiger partial charge in [-0.05, 0) is 30.7 Å². The van der Waals surface area contributed by atoms with Crippen molar-refractivity contribution in [2.24, 2.45) is 0 Å². The van der Waals surface area contributed by atoms with E-state index in [1.165, 1.54) is 57.8 Å². The van der Waals surface area contributed by atoms with E-state index in [9.17, 15) is 0 Å². The highest BCUT2D eigenvalue weighted by Gasteiger charge is 1.97. The molecule has 0 spiro atoms. The Bertz CT molecular complexity index is 635. The van der Waals surface area contributed by atoms with E-state index in [2.05, 4.69) is 6.92 Å². The van der Waals surface area contributed by atoms with Gasteiger partial charge in [0.05, 0.1) is 85.9 Å². The first-order valence-electron chi connectivity index (χ1n) is 15.9. The predicted octanol–water partition coefficient (Wildman–Crippen LogP) is 5.68. The first kappa shape index (κ1) is 37.6. The molecule has 41 heavy (non-hydrogen) atoms. The first-order valence-corrected chi connectivity index (χ1v) is 15.9. The summed E-state index contributed by atoms with van der Waals surface area (Å²) in [6, 6.07) is 7.29. The molecule has 0 saturated carbocycles. The van der Waals surface area contributed by atoms with E-state index >= 15 is 0 Å². The summed E-state index contributed by atoms with van der Waals surface area (Å²) in [4.78, 5) is 0. The van der Waals surface area contributed by atoms with Gasteiger partial charge in [-0.15, -0.1) is 0 Å². The highest BCUT2D eigenvalue weighted by molar-refractivity contribution is 5.41. The van der Waals surface area contributed by atoms with Crippen molar-refractivity contribution in [1.29, 1.82) is 0 Å². The fourth-order valence-corrected chi connectivity index (χ4v) is 3.90. The molecular weight excluding hydrogens is 526 g/mol. The number of benzene rings is 1. The minimum atomic E-state index is 0.487. The summed E-state index contributed by atoms with van der Waals surface area (Å²) in [7, 11) is 0. The minimum absolute atomic E-state index is 0.487. The third-order valence-corrected chi connectivity index (χ3v) is 6.25. The van der Waals surface area contributed by atoms with Crippen LogP contribution in [0.3, 0.4) is 0 Å². The van der Waals surface area contributed by atoms with Crippen molar-refractivity contribution in [2.45, 2.75) is 71.1 Å². The fraction of sp³-hybridized carbons (Fsp3) is 0.812. The third kappa shape index (κ3) is 28.4. The molecule has 0 saturated heterocycles. The SMILES string of the molecule is CCCCCCCCCCCCOCCOCCOCCOCCOCCOCCOCCOc1ccc(N)cc1. The van der Waals surface area contributed by atoms with Gasteiger partial charge in [0, 0.05) is 12.3 Å². The second-order valence-electron chi connectivity index (χ2n) is 9.89. The minimum Gasteiger partial charge on any atom is -0.491 e. The summed E-state index contributed by atoms with van der Waals surface area (Å²) in [5.41, 5.74) is 6.36. The zero-order chi connectivity index (χ0) is 29.3. The smallest absolute Gasteiger partial charge is 0.119 e. The lowest BCUT2D eigenvalue weighted by Gasteiger charge is -2.09. The Morgan fingerprint density at radius 2 is 0.707 bits per heavy atom. The molecule has 1 rings (SSSR count). The van der Waals surface area contributed by atoms with E-state index in [0.29, 0.717) is 92.5 Å². The van der Waals surface area contributed by atoms with Crippen LogP contribution in [-0.4, -0.2) is 99.1 Å². The van der Waals surface area contributed by atoms with Gasteiger partial charge >= 0.3 is 0 Å². The lowest BCUT2D eigenvalue weighted by molar-refractivity contribution is -0.0213. The quantitative estimate of drug-likeness (QED) is 0.0824. The molecule has 9 heteroatoms. The van der Waals surface area contributed by atoms with Crippen LogP contribution < -0.4 is 10.5 Å². The molecule has 2 N–H and O–H groups in total. The molecule has 0 radical (unpaired) electrons. The number of hydrogen-bond acceptors (Lipinski definition) is 9. The van der Waals surface area contributed by atoms with E-state index in [1.54, 1.807) is 0 Å². The van der Waals surface area contributed by atoms with Crippen molar-refractivity contribution in [2.75, 3.05) is 105 Å². The van der Waals surface area contributed by atoms with Gasteiger partial charge in [-0.3, -0.25) is 0 Å². The summed E-state index contributed by atoms with van der Waals surface area (Å²) < 4.78 is 44.2. The molecule has 0 atom stereocenters. The maximum atomic E-state index is 5.64. The molecule has 0 heterocycles. The maximum Gasteiger partial charge on any atom is 0.119 e. The van der Waals surface area contributed by atoms with Gasteiger partial charge in [0.15, 0.2) is 0 Å². The van der Waals surface area contributed by atoms with Crippen molar-refractivity contribution >= 4 is 5.69 Å². The highest BCUT2D eigenvalue weighted by Crippen LogP contribution is 2.13. The number of hydrogen-bond donors (Lipinski definition) is 1. The molecule has 0 amide bonds. The van der Waals surface area contributed by atoms with Crippen LogP contribution in [-0.2, 0) is 33.2 Å². The van der Waals surface area contributed by atoms with Gasteiger partial charge in [-0.2, -0.15) is 0 Å². The van der Waals surface area contributed by atoms with Gasteiger partial charge in [-0.1, -0.05) is 64.7 Å². The van der Waals surface area contributed by atoms with Crippen molar-refractivity contribution < 1.29 is 37.9 Å². The Kier molecular flexibility index (Phi) is 28.8. The standard InChI is InChI=1S/C32H59NO8/c1-2-3-4-5-6-7-8-9-10-11-16-34-17-18-35-19-20-36-21-22-37-23-24-38-25-26-39-27-28-40-29-30-41-32-14-12-31(33)13-15-32/h12-15H,2-11,16-30,33H2,1H3. The van der Waals surface area contributed by atoms with Crippen molar-refractivity contribution in [3.05, 3.63) is 24.3 Å². The summed E-state index contributed by atoms with van der Waals surface area (Å²) in [6.07, 6.45) is 13.4. The third-order valence-electron chi connectivity index (χ3n) is 6.25. The van der Waals surface area contributed by atoms with E-state index < -0.39 is 0 Å². The Balaban J connectivity index is 1.63. The molecule has 1 aromatic carbocycles. The average Bonchev–Trinajstić information content (AvgIpc) is 2.98. The van der Waals surface area contributed by atoms with Crippen molar-refractivity contribution in [1.82, 2.24) is 0 Å². The molecule has 240 valence electrons. The van der Waals surface area contributed by atoms with Crippen LogP contribution in [0.1, 0.15) is 71.1 Å². The van der Waals surface area contributed by atoms with E-state index in [0.717, 1.165) is 24.5 Å². The second-order valence-corrected chi connectivity index (χ2v) is 9.89.